The summed E-state index contributed by atoms with van der Waals surface area (Å²) in [4.78, 5) is 0.968. The Morgan fingerprint density at radius 1 is 0.931 bits per heavy atom. The predicted molar refractivity (Wildman–Crippen MR) is 128 cm³/mol. The fourth-order valence-electron chi connectivity index (χ4n) is 4.52. The van der Waals surface area contributed by atoms with Crippen LogP contribution in [-0.4, -0.2) is 0 Å². The van der Waals surface area contributed by atoms with E-state index in [9.17, 15) is 0 Å². The van der Waals surface area contributed by atoms with Crippen molar-refractivity contribution in [3.8, 4) is 11.1 Å². The molecule has 0 nitrogen and oxygen atoms in total. The molecule has 0 amide bonds. The molecular weight excluding hydrogens is 368 g/mol. The highest BCUT2D eigenvalue weighted by molar-refractivity contribution is 7.80. The van der Waals surface area contributed by atoms with Gasteiger partial charge in [0.05, 0.1) is 5.41 Å². The zero-order chi connectivity index (χ0) is 20.6. The molecule has 1 heteroatoms. The standard InChI is InChI=1S/C28H26S/c1-5-6-9-20(3)21(4)28(22-14-12-19(2)13-15-22)26-11-8-7-10-24(26)25-17-16-23(29)18-27(25)28/h5-18,29H,4H2,1-3H3/b6-5-,20-9-. The molecule has 0 radical (unpaired) electrons. The first-order chi connectivity index (χ1) is 14.0. The average molecular weight is 395 g/mol. The summed E-state index contributed by atoms with van der Waals surface area (Å²) < 4.78 is 0. The predicted octanol–water partition coefficient (Wildman–Crippen LogP) is 7.68. The summed E-state index contributed by atoms with van der Waals surface area (Å²) in [5.74, 6) is 0. The summed E-state index contributed by atoms with van der Waals surface area (Å²) in [5, 5.41) is 0. The molecule has 0 spiro atoms. The van der Waals surface area contributed by atoms with Gasteiger partial charge in [-0.25, -0.2) is 0 Å². The molecule has 1 atom stereocenters. The maximum atomic E-state index is 4.69. The third kappa shape index (κ3) is 3.01. The molecule has 1 aliphatic carbocycles. The maximum absolute atomic E-state index is 4.69. The van der Waals surface area contributed by atoms with E-state index >= 15 is 0 Å². The number of aryl methyl sites for hydroxylation is 1. The third-order valence-corrected chi connectivity index (χ3v) is 6.26. The Morgan fingerprint density at radius 2 is 1.62 bits per heavy atom. The van der Waals surface area contributed by atoms with Gasteiger partial charge in [-0.15, -0.1) is 12.6 Å². The normalized spacial score (nSPS) is 18.0. The smallest absolute Gasteiger partial charge is 0.0710 e. The van der Waals surface area contributed by atoms with Crippen molar-refractivity contribution in [3.05, 3.63) is 125 Å². The fraction of sp³-hybridized carbons (Fsp3) is 0.143. The van der Waals surface area contributed by atoms with Gasteiger partial charge in [0.2, 0.25) is 0 Å². The third-order valence-electron chi connectivity index (χ3n) is 5.98. The van der Waals surface area contributed by atoms with Gasteiger partial charge in [0.25, 0.3) is 0 Å². The van der Waals surface area contributed by atoms with Crippen LogP contribution in [0.5, 0.6) is 0 Å². The van der Waals surface area contributed by atoms with Crippen LogP contribution in [0.4, 0.5) is 0 Å². The molecule has 3 aromatic rings. The van der Waals surface area contributed by atoms with E-state index in [1.807, 2.05) is 6.92 Å². The van der Waals surface area contributed by atoms with Crippen LogP contribution in [0.25, 0.3) is 11.1 Å². The first-order valence-corrected chi connectivity index (χ1v) is 10.4. The van der Waals surface area contributed by atoms with E-state index in [2.05, 4.69) is 118 Å². The minimum atomic E-state index is -0.430. The number of allylic oxidation sites excluding steroid dienone is 5. The lowest BCUT2D eigenvalue weighted by Gasteiger charge is -2.36. The molecule has 144 valence electrons. The monoisotopic (exact) mass is 394 g/mol. The lowest BCUT2D eigenvalue weighted by molar-refractivity contribution is 0.755. The van der Waals surface area contributed by atoms with E-state index in [1.165, 1.54) is 39.0 Å². The lowest BCUT2D eigenvalue weighted by Crippen LogP contribution is -2.30. The van der Waals surface area contributed by atoms with Crippen molar-refractivity contribution < 1.29 is 0 Å². The van der Waals surface area contributed by atoms with Crippen molar-refractivity contribution in [2.75, 3.05) is 0 Å². The molecule has 0 N–H and O–H groups in total. The van der Waals surface area contributed by atoms with E-state index in [1.54, 1.807) is 0 Å². The molecule has 29 heavy (non-hydrogen) atoms. The molecular formula is C28H26S. The van der Waals surface area contributed by atoms with E-state index in [4.69, 9.17) is 0 Å². The first kappa shape index (κ1) is 19.5. The highest BCUT2D eigenvalue weighted by Gasteiger charge is 2.46. The van der Waals surface area contributed by atoms with Crippen LogP contribution >= 0.6 is 12.6 Å². The van der Waals surface area contributed by atoms with E-state index in [0.717, 1.165) is 10.5 Å². The molecule has 0 heterocycles. The number of hydrogen-bond donors (Lipinski definition) is 1. The molecule has 0 aliphatic heterocycles. The zero-order valence-corrected chi connectivity index (χ0v) is 18.1. The summed E-state index contributed by atoms with van der Waals surface area (Å²) in [6.45, 7) is 11.0. The number of fused-ring (bicyclic) bond motifs is 3. The Kier molecular flexibility index (Phi) is 5.10. The van der Waals surface area contributed by atoms with Gasteiger partial charge >= 0.3 is 0 Å². The first-order valence-electron chi connectivity index (χ1n) is 10.00. The van der Waals surface area contributed by atoms with Crippen LogP contribution in [0.2, 0.25) is 0 Å². The van der Waals surface area contributed by atoms with Gasteiger partial charge in [-0.05, 0) is 71.9 Å². The highest BCUT2D eigenvalue weighted by Crippen LogP contribution is 2.57. The summed E-state index contributed by atoms with van der Waals surface area (Å²) in [6, 6.07) is 24.1. The Morgan fingerprint density at radius 3 is 2.34 bits per heavy atom. The van der Waals surface area contributed by atoms with Crippen LogP contribution < -0.4 is 0 Å². The Hall–Kier alpha value is -2.77. The minimum absolute atomic E-state index is 0.430. The molecule has 0 aromatic heterocycles. The largest absolute Gasteiger partial charge is 0.143 e. The van der Waals surface area contributed by atoms with Crippen molar-refractivity contribution in [3.63, 3.8) is 0 Å². The molecule has 0 saturated heterocycles. The fourth-order valence-corrected chi connectivity index (χ4v) is 4.72. The molecule has 0 saturated carbocycles. The quantitative estimate of drug-likeness (QED) is 0.340. The maximum Gasteiger partial charge on any atom is 0.0710 e. The van der Waals surface area contributed by atoms with Crippen LogP contribution in [0.3, 0.4) is 0 Å². The lowest BCUT2D eigenvalue weighted by atomic mass is 9.66. The van der Waals surface area contributed by atoms with Crippen LogP contribution in [-0.2, 0) is 5.41 Å². The van der Waals surface area contributed by atoms with Crippen molar-refractivity contribution in [1.29, 1.82) is 0 Å². The molecule has 1 aliphatic rings. The van der Waals surface area contributed by atoms with Gasteiger partial charge in [-0.1, -0.05) is 85.0 Å². The van der Waals surface area contributed by atoms with Crippen molar-refractivity contribution >= 4 is 12.6 Å². The van der Waals surface area contributed by atoms with E-state index in [0.29, 0.717) is 0 Å². The van der Waals surface area contributed by atoms with Gasteiger partial charge in [0.15, 0.2) is 0 Å². The van der Waals surface area contributed by atoms with Gasteiger partial charge < -0.3 is 0 Å². The second kappa shape index (κ2) is 7.57. The number of rotatable bonds is 4. The van der Waals surface area contributed by atoms with Gasteiger partial charge in [-0.2, -0.15) is 0 Å². The van der Waals surface area contributed by atoms with E-state index < -0.39 is 5.41 Å². The van der Waals surface area contributed by atoms with Crippen LogP contribution in [0, 0.1) is 6.92 Å². The second-order valence-corrected chi connectivity index (χ2v) is 8.26. The highest BCUT2D eigenvalue weighted by atomic mass is 32.1. The Bertz CT molecular complexity index is 1150. The molecule has 0 fully saturated rings. The van der Waals surface area contributed by atoms with Crippen molar-refractivity contribution in [2.24, 2.45) is 0 Å². The molecule has 1 unspecified atom stereocenters. The summed E-state index contributed by atoms with van der Waals surface area (Å²) >= 11 is 4.69. The number of benzene rings is 3. The number of thiol groups is 1. The van der Waals surface area contributed by atoms with E-state index in [-0.39, 0.29) is 0 Å². The van der Waals surface area contributed by atoms with Gasteiger partial charge in [-0.3, -0.25) is 0 Å². The molecule has 4 rings (SSSR count). The van der Waals surface area contributed by atoms with Gasteiger partial charge in [0, 0.05) is 4.90 Å². The summed E-state index contributed by atoms with van der Waals surface area (Å²) in [7, 11) is 0. The second-order valence-electron chi connectivity index (χ2n) is 7.75. The topological polar surface area (TPSA) is 0 Å². The van der Waals surface area contributed by atoms with Crippen LogP contribution in [0.1, 0.15) is 36.1 Å². The summed E-state index contributed by atoms with van der Waals surface area (Å²) in [6.07, 6.45) is 6.29. The average Bonchev–Trinajstić information content (AvgIpc) is 3.02. The van der Waals surface area contributed by atoms with Crippen molar-refractivity contribution in [2.45, 2.75) is 31.1 Å². The SMILES string of the molecule is C=C(/C(C)=C\C=C/C)C1(c2ccc(C)cc2)c2ccccc2-c2ccc(S)cc21. The number of hydrogen-bond acceptors (Lipinski definition) is 1. The Labute approximate surface area is 179 Å². The molecule has 0 bridgehead atoms. The van der Waals surface area contributed by atoms with Gasteiger partial charge in [0.1, 0.15) is 0 Å². The van der Waals surface area contributed by atoms with Crippen LogP contribution in [0.15, 0.2) is 108 Å². The zero-order valence-electron chi connectivity index (χ0n) is 17.2. The summed E-state index contributed by atoms with van der Waals surface area (Å²) in [5.41, 5.74) is 9.43. The van der Waals surface area contributed by atoms with Crippen molar-refractivity contribution in [1.82, 2.24) is 0 Å². The Balaban J connectivity index is 2.13. The molecule has 3 aromatic carbocycles. The minimum Gasteiger partial charge on any atom is -0.143 e.